The summed E-state index contributed by atoms with van der Waals surface area (Å²) in [7, 11) is 1.24. The van der Waals surface area contributed by atoms with Gasteiger partial charge in [0.2, 0.25) is 0 Å². The van der Waals surface area contributed by atoms with Crippen LogP contribution in [-0.2, 0) is 0 Å². The summed E-state index contributed by atoms with van der Waals surface area (Å²) in [6, 6.07) is 9.23. The molecule has 0 bridgehead atoms. The molecule has 1 heterocycles. The highest BCUT2D eigenvalue weighted by atomic mass is 19.4. The standard InChI is InChI=1S/C16H22F3N3O2/c1-21(11-14(23)16(17,18)19)15(24)20-12-7-9-22(10-8-12)13-5-3-2-4-6-13/h2-6,12,14,23H,7-11H2,1H3,(H,20,24)/t14-/m1/s1. The Morgan fingerprint density at radius 2 is 1.92 bits per heavy atom. The third-order valence-corrected chi connectivity index (χ3v) is 4.12. The van der Waals surface area contributed by atoms with E-state index in [9.17, 15) is 18.0 Å². The van der Waals surface area contributed by atoms with E-state index in [4.69, 9.17) is 5.11 Å². The number of nitrogens with zero attached hydrogens (tertiary/aromatic N) is 2. The lowest BCUT2D eigenvalue weighted by Crippen LogP contribution is -2.51. The molecule has 134 valence electrons. The SMILES string of the molecule is CN(C[C@@H](O)C(F)(F)F)C(=O)NC1CCN(c2ccccc2)CC1. The van der Waals surface area contributed by atoms with Gasteiger partial charge in [-0.05, 0) is 25.0 Å². The molecule has 0 aliphatic carbocycles. The van der Waals surface area contributed by atoms with Crippen LogP contribution in [-0.4, -0.2) is 61.0 Å². The summed E-state index contributed by atoms with van der Waals surface area (Å²) >= 11 is 0. The molecular formula is C16H22F3N3O2. The first kappa shape index (κ1) is 18.4. The second-order valence-corrected chi connectivity index (χ2v) is 5.98. The molecule has 2 N–H and O–H groups in total. The molecule has 5 nitrogen and oxygen atoms in total. The molecule has 0 aromatic heterocycles. The number of nitrogens with one attached hydrogen (secondary N) is 1. The van der Waals surface area contributed by atoms with Crippen LogP contribution in [0, 0.1) is 0 Å². The van der Waals surface area contributed by atoms with E-state index in [0.717, 1.165) is 36.5 Å². The second kappa shape index (κ2) is 7.74. The number of carbonyl (C=O) groups is 1. The fourth-order valence-electron chi connectivity index (χ4n) is 2.65. The number of piperidine rings is 1. The smallest absolute Gasteiger partial charge is 0.382 e. The molecule has 1 aliphatic heterocycles. The van der Waals surface area contributed by atoms with Gasteiger partial charge in [0, 0.05) is 31.9 Å². The number of aliphatic hydroxyl groups excluding tert-OH is 1. The number of hydrogen-bond donors (Lipinski definition) is 2. The minimum Gasteiger partial charge on any atom is -0.382 e. The Morgan fingerprint density at radius 3 is 2.46 bits per heavy atom. The third kappa shape index (κ3) is 5.02. The quantitative estimate of drug-likeness (QED) is 0.880. The van der Waals surface area contributed by atoms with Crippen molar-refractivity contribution in [3.8, 4) is 0 Å². The van der Waals surface area contributed by atoms with Crippen molar-refractivity contribution in [3.05, 3.63) is 30.3 Å². The van der Waals surface area contributed by atoms with Crippen LogP contribution in [0.1, 0.15) is 12.8 Å². The van der Waals surface area contributed by atoms with Crippen molar-refractivity contribution in [2.45, 2.75) is 31.2 Å². The number of likely N-dealkylation sites (N-methyl/N-ethyl adjacent to an activating group) is 1. The highest BCUT2D eigenvalue weighted by molar-refractivity contribution is 5.74. The number of benzene rings is 1. The fourth-order valence-corrected chi connectivity index (χ4v) is 2.65. The highest BCUT2D eigenvalue weighted by Gasteiger charge is 2.39. The van der Waals surface area contributed by atoms with E-state index < -0.39 is 24.9 Å². The molecule has 0 unspecified atom stereocenters. The average molecular weight is 345 g/mol. The Balaban J connectivity index is 1.78. The minimum atomic E-state index is -4.73. The molecule has 0 radical (unpaired) electrons. The van der Waals surface area contributed by atoms with Crippen LogP contribution in [0.2, 0.25) is 0 Å². The van der Waals surface area contributed by atoms with Crippen molar-refractivity contribution >= 4 is 11.7 Å². The zero-order chi connectivity index (χ0) is 17.7. The largest absolute Gasteiger partial charge is 0.416 e. The highest BCUT2D eigenvalue weighted by Crippen LogP contribution is 2.21. The maximum absolute atomic E-state index is 12.3. The van der Waals surface area contributed by atoms with E-state index >= 15 is 0 Å². The maximum Gasteiger partial charge on any atom is 0.416 e. The number of urea groups is 1. The third-order valence-electron chi connectivity index (χ3n) is 4.12. The molecule has 2 rings (SSSR count). The topological polar surface area (TPSA) is 55.8 Å². The first-order chi connectivity index (χ1) is 11.3. The van der Waals surface area contributed by atoms with Crippen LogP contribution in [0.25, 0.3) is 0 Å². The van der Waals surface area contributed by atoms with Crippen molar-refractivity contribution in [1.29, 1.82) is 0 Å². The van der Waals surface area contributed by atoms with Crippen LogP contribution >= 0.6 is 0 Å². The lowest BCUT2D eigenvalue weighted by Gasteiger charge is -2.34. The monoisotopic (exact) mass is 345 g/mol. The van der Waals surface area contributed by atoms with Gasteiger partial charge in [0.05, 0.1) is 6.54 Å². The number of hydrogen-bond acceptors (Lipinski definition) is 3. The van der Waals surface area contributed by atoms with E-state index in [1.165, 1.54) is 7.05 Å². The molecule has 1 aromatic carbocycles. The van der Waals surface area contributed by atoms with Crippen molar-refractivity contribution in [2.75, 3.05) is 31.6 Å². The molecule has 24 heavy (non-hydrogen) atoms. The summed E-state index contributed by atoms with van der Waals surface area (Å²) in [5, 5.41) is 11.7. The van der Waals surface area contributed by atoms with Crippen LogP contribution in [0.15, 0.2) is 30.3 Å². The summed E-state index contributed by atoms with van der Waals surface area (Å²) in [6.07, 6.45) is -5.82. The predicted molar refractivity (Wildman–Crippen MR) is 84.9 cm³/mol. The van der Waals surface area contributed by atoms with Crippen molar-refractivity contribution in [1.82, 2.24) is 10.2 Å². The van der Waals surface area contributed by atoms with E-state index in [0.29, 0.717) is 0 Å². The summed E-state index contributed by atoms with van der Waals surface area (Å²) in [5.41, 5.74) is 1.12. The predicted octanol–water partition coefficient (Wildman–Crippen LogP) is 2.22. The summed E-state index contributed by atoms with van der Waals surface area (Å²) < 4.78 is 37.0. The number of para-hydroxylation sites is 1. The Bertz CT molecular complexity index is 531. The first-order valence-electron chi connectivity index (χ1n) is 7.84. The molecule has 8 heteroatoms. The molecule has 1 fully saturated rings. The Labute approximate surface area is 139 Å². The minimum absolute atomic E-state index is 0.0806. The van der Waals surface area contributed by atoms with Gasteiger partial charge >= 0.3 is 12.2 Å². The number of aliphatic hydroxyl groups is 1. The second-order valence-electron chi connectivity index (χ2n) is 5.98. The van der Waals surface area contributed by atoms with Gasteiger partial charge in [-0.25, -0.2) is 4.79 Å². The van der Waals surface area contributed by atoms with Crippen LogP contribution in [0.5, 0.6) is 0 Å². The fraction of sp³-hybridized carbons (Fsp3) is 0.562. The first-order valence-corrected chi connectivity index (χ1v) is 7.84. The van der Waals surface area contributed by atoms with E-state index in [1.807, 2.05) is 30.3 Å². The van der Waals surface area contributed by atoms with E-state index in [2.05, 4.69) is 10.2 Å². The Hall–Kier alpha value is -1.96. The molecule has 1 atom stereocenters. The lowest BCUT2D eigenvalue weighted by molar-refractivity contribution is -0.205. The van der Waals surface area contributed by atoms with Gasteiger partial charge in [0.25, 0.3) is 0 Å². The van der Waals surface area contributed by atoms with Gasteiger partial charge in [-0.1, -0.05) is 18.2 Å². The maximum atomic E-state index is 12.3. The van der Waals surface area contributed by atoms with Gasteiger partial charge in [-0.15, -0.1) is 0 Å². The van der Waals surface area contributed by atoms with Crippen molar-refractivity contribution in [3.63, 3.8) is 0 Å². The molecule has 2 amide bonds. The number of alkyl halides is 3. The Kier molecular flexibility index (Phi) is 5.93. The van der Waals surface area contributed by atoms with Gasteiger partial charge in [-0.2, -0.15) is 13.2 Å². The molecule has 1 saturated heterocycles. The molecular weight excluding hydrogens is 323 g/mol. The molecule has 1 aromatic rings. The number of carbonyl (C=O) groups excluding carboxylic acids is 1. The van der Waals surface area contributed by atoms with Crippen molar-refractivity contribution < 1.29 is 23.1 Å². The van der Waals surface area contributed by atoms with E-state index in [-0.39, 0.29) is 6.04 Å². The number of amides is 2. The molecule has 1 aliphatic rings. The van der Waals surface area contributed by atoms with Crippen LogP contribution in [0.3, 0.4) is 0 Å². The van der Waals surface area contributed by atoms with Gasteiger partial charge in [0.1, 0.15) is 0 Å². The van der Waals surface area contributed by atoms with Crippen LogP contribution < -0.4 is 10.2 Å². The zero-order valence-corrected chi connectivity index (χ0v) is 13.5. The van der Waals surface area contributed by atoms with Gasteiger partial charge in [-0.3, -0.25) is 0 Å². The van der Waals surface area contributed by atoms with E-state index in [1.54, 1.807) is 0 Å². The number of anilines is 1. The normalized spacial score (nSPS) is 17.5. The van der Waals surface area contributed by atoms with Gasteiger partial charge < -0.3 is 20.2 Å². The summed E-state index contributed by atoms with van der Waals surface area (Å²) in [6.45, 7) is 0.756. The Morgan fingerprint density at radius 1 is 1.33 bits per heavy atom. The van der Waals surface area contributed by atoms with Crippen molar-refractivity contribution in [2.24, 2.45) is 0 Å². The average Bonchev–Trinajstić information content (AvgIpc) is 2.55. The summed E-state index contributed by atoms with van der Waals surface area (Å²) in [5.74, 6) is 0. The number of rotatable bonds is 4. The molecule has 0 saturated carbocycles. The zero-order valence-electron chi connectivity index (χ0n) is 13.5. The lowest BCUT2D eigenvalue weighted by atomic mass is 10.0. The van der Waals surface area contributed by atoms with Gasteiger partial charge in [0.15, 0.2) is 6.10 Å². The number of halogens is 3. The summed E-state index contributed by atoms with van der Waals surface area (Å²) in [4.78, 5) is 15.0. The molecule has 0 spiro atoms. The van der Waals surface area contributed by atoms with Crippen LogP contribution in [0.4, 0.5) is 23.7 Å².